The Hall–Kier alpha value is -1.35. The zero-order valence-electron chi connectivity index (χ0n) is 13.6. The molecular weight excluding hydrogens is 248 g/mol. The monoisotopic (exact) mass is 276 g/mol. The van der Waals surface area contributed by atoms with Crippen LogP contribution in [0, 0.1) is 6.92 Å². The van der Waals surface area contributed by atoms with Gasteiger partial charge in [0, 0.05) is 11.6 Å². The van der Waals surface area contributed by atoms with E-state index in [2.05, 4.69) is 55.7 Å². The van der Waals surface area contributed by atoms with Gasteiger partial charge in [-0.25, -0.2) is 0 Å². The van der Waals surface area contributed by atoms with Gasteiger partial charge in [-0.05, 0) is 46.6 Å². The SMILES string of the molecule is CCC(C)(C)NC(=O)C(C)N[C@@H](C)c1ccc(C)cc1. The van der Waals surface area contributed by atoms with Crippen LogP contribution in [0.25, 0.3) is 0 Å². The highest BCUT2D eigenvalue weighted by Gasteiger charge is 2.22. The molecule has 0 radical (unpaired) electrons. The zero-order valence-corrected chi connectivity index (χ0v) is 13.6. The van der Waals surface area contributed by atoms with Crippen LogP contribution in [0.4, 0.5) is 0 Å². The highest BCUT2D eigenvalue weighted by atomic mass is 16.2. The van der Waals surface area contributed by atoms with Crippen molar-refractivity contribution in [2.45, 2.75) is 65.6 Å². The second kappa shape index (κ2) is 6.89. The molecule has 3 heteroatoms. The molecule has 1 aromatic carbocycles. The van der Waals surface area contributed by atoms with Gasteiger partial charge in [-0.3, -0.25) is 10.1 Å². The number of carbonyl (C=O) groups is 1. The summed E-state index contributed by atoms with van der Waals surface area (Å²) in [5.41, 5.74) is 2.29. The van der Waals surface area contributed by atoms with Crippen molar-refractivity contribution in [1.29, 1.82) is 0 Å². The van der Waals surface area contributed by atoms with Crippen molar-refractivity contribution in [2.75, 3.05) is 0 Å². The summed E-state index contributed by atoms with van der Waals surface area (Å²) < 4.78 is 0. The van der Waals surface area contributed by atoms with Crippen molar-refractivity contribution in [3.63, 3.8) is 0 Å². The van der Waals surface area contributed by atoms with Crippen LogP contribution in [-0.4, -0.2) is 17.5 Å². The number of hydrogen-bond donors (Lipinski definition) is 2. The quantitative estimate of drug-likeness (QED) is 0.836. The second-order valence-electron chi connectivity index (χ2n) is 6.25. The topological polar surface area (TPSA) is 41.1 Å². The normalized spacial score (nSPS) is 14.7. The van der Waals surface area contributed by atoms with E-state index >= 15 is 0 Å². The van der Waals surface area contributed by atoms with Crippen LogP contribution >= 0.6 is 0 Å². The van der Waals surface area contributed by atoms with Gasteiger partial charge in [-0.15, -0.1) is 0 Å². The van der Waals surface area contributed by atoms with Crippen LogP contribution in [-0.2, 0) is 4.79 Å². The Morgan fingerprint density at radius 3 is 2.25 bits per heavy atom. The lowest BCUT2D eigenvalue weighted by atomic mass is 10.0. The summed E-state index contributed by atoms with van der Waals surface area (Å²) in [5, 5.41) is 6.42. The van der Waals surface area contributed by atoms with Gasteiger partial charge in [0.05, 0.1) is 6.04 Å². The van der Waals surface area contributed by atoms with Crippen molar-refractivity contribution >= 4 is 5.91 Å². The number of carbonyl (C=O) groups excluding carboxylic acids is 1. The molecule has 20 heavy (non-hydrogen) atoms. The smallest absolute Gasteiger partial charge is 0.237 e. The maximum absolute atomic E-state index is 12.2. The van der Waals surface area contributed by atoms with E-state index in [1.54, 1.807) is 0 Å². The Morgan fingerprint density at radius 2 is 1.75 bits per heavy atom. The lowest BCUT2D eigenvalue weighted by molar-refractivity contribution is -0.124. The minimum Gasteiger partial charge on any atom is -0.350 e. The van der Waals surface area contributed by atoms with Gasteiger partial charge in [0.2, 0.25) is 5.91 Å². The van der Waals surface area contributed by atoms with Crippen LogP contribution in [0.2, 0.25) is 0 Å². The van der Waals surface area contributed by atoms with Gasteiger partial charge in [-0.2, -0.15) is 0 Å². The lowest BCUT2D eigenvalue weighted by Gasteiger charge is -2.28. The molecule has 1 unspecified atom stereocenters. The van der Waals surface area contributed by atoms with Gasteiger partial charge in [0.1, 0.15) is 0 Å². The average Bonchev–Trinajstić information content (AvgIpc) is 2.38. The fraction of sp³-hybridized carbons (Fsp3) is 0.588. The molecule has 1 amide bonds. The van der Waals surface area contributed by atoms with Crippen molar-refractivity contribution in [3.8, 4) is 0 Å². The summed E-state index contributed by atoms with van der Waals surface area (Å²) in [5.74, 6) is 0.0517. The average molecular weight is 276 g/mol. The predicted molar refractivity (Wildman–Crippen MR) is 84.7 cm³/mol. The summed E-state index contributed by atoms with van der Waals surface area (Å²) >= 11 is 0. The number of rotatable bonds is 6. The summed E-state index contributed by atoms with van der Waals surface area (Å²) in [6, 6.07) is 8.34. The van der Waals surface area contributed by atoms with E-state index in [4.69, 9.17) is 0 Å². The zero-order chi connectivity index (χ0) is 15.3. The minimum atomic E-state index is -0.211. The molecule has 0 bridgehead atoms. The van der Waals surface area contributed by atoms with E-state index in [-0.39, 0.29) is 23.5 Å². The van der Waals surface area contributed by atoms with Gasteiger partial charge in [0.25, 0.3) is 0 Å². The molecule has 0 saturated heterocycles. The van der Waals surface area contributed by atoms with Crippen molar-refractivity contribution in [3.05, 3.63) is 35.4 Å². The highest BCUT2D eigenvalue weighted by molar-refractivity contribution is 5.82. The summed E-state index contributed by atoms with van der Waals surface area (Å²) in [7, 11) is 0. The summed E-state index contributed by atoms with van der Waals surface area (Å²) in [6.45, 7) is 12.2. The standard InChI is InChI=1S/C17H28N2O/c1-7-17(5,6)19-16(20)14(4)18-13(3)15-10-8-12(2)9-11-15/h8-11,13-14,18H,7H2,1-6H3,(H,19,20)/t13-,14?/m0/s1. The Bertz CT molecular complexity index is 437. The molecular formula is C17H28N2O. The van der Waals surface area contributed by atoms with E-state index in [1.807, 2.05) is 20.8 Å². The molecule has 112 valence electrons. The lowest BCUT2D eigenvalue weighted by Crippen LogP contribution is -2.51. The first-order chi connectivity index (χ1) is 9.25. The molecule has 0 aliphatic rings. The van der Waals surface area contributed by atoms with E-state index < -0.39 is 0 Å². The van der Waals surface area contributed by atoms with Crippen molar-refractivity contribution < 1.29 is 4.79 Å². The summed E-state index contributed by atoms with van der Waals surface area (Å²) in [4.78, 5) is 12.2. The Kier molecular flexibility index (Phi) is 5.75. The van der Waals surface area contributed by atoms with Gasteiger partial charge in [-0.1, -0.05) is 36.8 Å². The van der Waals surface area contributed by atoms with Gasteiger partial charge < -0.3 is 5.32 Å². The number of amides is 1. The van der Waals surface area contributed by atoms with E-state index in [0.29, 0.717) is 0 Å². The highest BCUT2D eigenvalue weighted by Crippen LogP contribution is 2.14. The Balaban J connectivity index is 2.59. The van der Waals surface area contributed by atoms with Crippen LogP contribution in [0.5, 0.6) is 0 Å². The predicted octanol–water partition coefficient (Wildman–Crippen LogP) is 3.34. The molecule has 0 heterocycles. The van der Waals surface area contributed by atoms with Crippen LogP contribution in [0.1, 0.15) is 58.2 Å². The molecule has 1 rings (SSSR count). The van der Waals surface area contributed by atoms with E-state index in [9.17, 15) is 4.79 Å². The molecule has 1 aromatic rings. The van der Waals surface area contributed by atoms with Crippen LogP contribution in [0.15, 0.2) is 24.3 Å². The van der Waals surface area contributed by atoms with Gasteiger partial charge >= 0.3 is 0 Å². The number of hydrogen-bond acceptors (Lipinski definition) is 2. The van der Waals surface area contributed by atoms with Crippen LogP contribution < -0.4 is 10.6 Å². The molecule has 2 N–H and O–H groups in total. The Morgan fingerprint density at radius 1 is 1.20 bits per heavy atom. The van der Waals surface area contributed by atoms with E-state index in [0.717, 1.165) is 6.42 Å². The maximum Gasteiger partial charge on any atom is 0.237 e. The van der Waals surface area contributed by atoms with E-state index in [1.165, 1.54) is 11.1 Å². The molecule has 0 spiro atoms. The second-order valence-corrected chi connectivity index (χ2v) is 6.25. The fourth-order valence-electron chi connectivity index (χ4n) is 1.93. The first kappa shape index (κ1) is 16.7. The van der Waals surface area contributed by atoms with Crippen LogP contribution in [0.3, 0.4) is 0 Å². The molecule has 0 fully saturated rings. The first-order valence-electron chi connectivity index (χ1n) is 7.40. The van der Waals surface area contributed by atoms with Gasteiger partial charge in [0.15, 0.2) is 0 Å². The number of nitrogens with one attached hydrogen (secondary N) is 2. The van der Waals surface area contributed by atoms with Crippen molar-refractivity contribution in [1.82, 2.24) is 10.6 Å². The number of aryl methyl sites for hydroxylation is 1. The first-order valence-corrected chi connectivity index (χ1v) is 7.40. The molecule has 3 nitrogen and oxygen atoms in total. The molecule has 2 atom stereocenters. The third-order valence-electron chi connectivity index (χ3n) is 3.82. The Labute approximate surface area is 123 Å². The minimum absolute atomic E-state index is 0.0517. The molecule has 0 saturated carbocycles. The molecule has 0 aliphatic heterocycles. The summed E-state index contributed by atoms with van der Waals surface area (Å²) in [6.07, 6.45) is 0.916. The molecule has 0 aliphatic carbocycles. The maximum atomic E-state index is 12.2. The fourth-order valence-corrected chi connectivity index (χ4v) is 1.93. The number of benzene rings is 1. The van der Waals surface area contributed by atoms with Crippen molar-refractivity contribution in [2.24, 2.45) is 0 Å². The third-order valence-corrected chi connectivity index (χ3v) is 3.82. The largest absolute Gasteiger partial charge is 0.350 e. The third kappa shape index (κ3) is 4.97. The molecule has 0 aromatic heterocycles.